The third-order valence-corrected chi connectivity index (χ3v) is 3.84. The fourth-order valence-electron chi connectivity index (χ4n) is 2.62. The molecule has 106 valence electrons. The molecule has 2 unspecified atom stereocenters. The predicted molar refractivity (Wildman–Crippen MR) is 74.3 cm³/mol. The molecule has 0 radical (unpaired) electrons. The van der Waals surface area contributed by atoms with Crippen LogP contribution >= 0.6 is 0 Å². The molecule has 2 rings (SSSR count). The summed E-state index contributed by atoms with van der Waals surface area (Å²) in [6.45, 7) is 5.52. The van der Waals surface area contributed by atoms with Crippen molar-refractivity contribution in [2.75, 3.05) is 18.0 Å². The van der Waals surface area contributed by atoms with E-state index in [1.807, 2.05) is 6.92 Å². The van der Waals surface area contributed by atoms with Gasteiger partial charge in [-0.15, -0.1) is 0 Å². The highest BCUT2D eigenvalue weighted by atomic mass is 19.1. The molecular weight excluding hydrogens is 246 g/mol. The van der Waals surface area contributed by atoms with Crippen LogP contribution in [0.4, 0.5) is 14.5 Å². The number of rotatable bonds is 4. The van der Waals surface area contributed by atoms with Gasteiger partial charge in [0.25, 0.3) is 0 Å². The van der Waals surface area contributed by atoms with Gasteiger partial charge in [-0.3, -0.25) is 0 Å². The van der Waals surface area contributed by atoms with Crippen molar-refractivity contribution in [1.29, 1.82) is 0 Å². The van der Waals surface area contributed by atoms with Gasteiger partial charge in [0.1, 0.15) is 17.3 Å². The molecule has 1 heterocycles. The topological polar surface area (TPSA) is 29.3 Å². The molecule has 0 aliphatic carbocycles. The largest absolute Gasteiger partial charge is 0.367 e. The Morgan fingerprint density at radius 2 is 2.00 bits per heavy atom. The van der Waals surface area contributed by atoms with Crippen LogP contribution in [0.25, 0.3) is 0 Å². The zero-order valence-corrected chi connectivity index (χ0v) is 11.6. The normalized spacial score (nSPS) is 20.9. The van der Waals surface area contributed by atoms with E-state index in [1.165, 1.54) is 12.1 Å². The standard InChI is InChI=1S/C15H22F2N2/c1-3-12(18)6-11-7-13(16)15(14(17)8-11)19-5-4-10(2)9-19/h7-8,10,12H,3-6,9,18H2,1-2H3. The van der Waals surface area contributed by atoms with Crippen LogP contribution in [0.1, 0.15) is 32.3 Å². The Morgan fingerprint density at radius 1 is 1.37 bits per heavy atom. The minimum absolute atomic E-state index is 0.0449. The quantitative estimate of drug-likeness (QED) is 0.909. The van der Waals surface area contributed by atoms with E-state index >= 15 is 0 Å². The van der Waals surface area contributed by atoms with Crippen LogP contribution in [0.15, 0.2) is 12.1 Å². The molecule has 2 atom stereocenters. The summed E-state index contributed by atoms with van der Waals surface area (Å²) in [6, 6.07) is 2.81. The Balaban J connectivity index is 2.22. The van der Waals surface area contributed by atoms with Crippen LogP contribution in [0.5, 0.6) is 0 Å². The summed E-state index contributed by atoms with van der Waals surface area (Å²) in [6.07, 6.45) is 2.30. The van der Waals surface area contributed by atoms with Crippen molar-refractivity contribution in [3.05, 3.63) is 29.3 Å². The van der Waals surface area contributed by atoms with Gasteiger partial charge in [-0.05, 0) is 42.9 Å². The number of anilines is 1. The molecule has 1 aromatic rings. The lowest BCUT2D eigenvalue weighted by atomic mass is 10.0. The van der Waals surface area contributed by atoms with Crippen LogP contribution in [-0.4, -0.2) is 19.1 Å². The predicted octanol–water partition coefficient (Wildman–Crippen LogP) is 3.09. The zero-order valence-electron chi connectivity index (χ0n) is 11.6. The fraction of sp³-hybridized carbons (Fsp3) is 0.600. The smallest absolute Gasteiger partial charge is 0.149 e. The van der Waals surface area contributed by atoms with Gasteiger partial charge in [-0.25, -0.2) is 8.78 Å². The molecule has 2 N–H and O–H groups in total. The molecule has 19 heavy (non-hydrogen) atoms. The summed E-state index contributed by atoms with van der Waals surface area (Å²) in [5.74, 6) is -0.438. The van der Waals surface area contributed by atoms with Crippen molar-refractivity contribution in [3.8, 4) is 0 Å². The van der Waals surface area contributed by atoms with E-state index in [4.69, 9.17) is 5.73 Å². The third kappa shape index (κ3) is 3.24. The van der Waals surface area contributed by atoms with Crippen molar-refractivity contribution in [2.24, 2.45) is 11.7 Å². The van der Waals surface area contributed by atoms with E-state index in [-0.39, 0.29) is 11.7 Å². The highest BCUT2D eigenvalue weighted by Gasteiger charge is 2.24. The highest BCUT2D eigenvalue weighted by molar-refractivity contribution is 5.51. The number of benzene rings is 1. The molecule has 4 heteroatoms. The third-order valence-electron chi connectivity index (χ3n) is 3.84. The first-order valence-electron chi connectivity index (χ1n) is 6.99. The van der Waals surface area contributed by atoms with Gasteiger partial charge in [0.05, 0.1) is 0 Å². The van der Waals surface area contributed by atoms with Crippen LogP contribution in [0.3, 0.4) is 0 Å². The van der Waals surface area contributed by atoms with Crippen molar-refractivity contribution in [1.82, 2.24) is 0 Å². The Hall–Kier alpha value is -1.16. The van der Waals surface area contributed by atoms with E-state index < -0.39 is 11.6 Å². The molecule has 0 spiro atoms. The van der Waals surface area contributed by atoms with Gasteiger partial charge in [-0.2, -0.15) is 0 Å². The molecule has 1 aromatic carbocycles. The molecular formula is C15H22F2N2. The molecule has 1 aliphatic heterocycles. The van der Waals surface area contributed by atoms with E-state index in [2.05, 4.69) is 6.92 Å². The zero-order chi connectivity index (χ0) is 14.0. The van der Waals surface area contributed by atoms with Gasteiger partial charge in [0, 0.05) is 19.1 Å². The Morgan fingerprint density at radius 3 is 2.47 bits per heavy atom. The monoisotopic (exact) mass is 268 g/mol. The molecule has 1 saturated heterocycles. The lowest BCUT2D eigenvalue weighted by molar-refractivity contribution is 0.566. The van der Waals surface area contributed by atoms with Crippen LogP contribution in [-0.2, 0) is 6.42 Å². The summed E-state index contributed by atoms with van der Waals surface area (Å²) in [4.78, 5) is 1.80. The van der Waals surface area contributed by atoms with Crippen LogP contribution in [0.2, 0.25) is 0 Å². The second-order valence-electron chi connectivity index (χ2n) is 5.62. The SMILES string of the molecule is CCC(N)Cc1cc(F)c(N2CCC(C)C2)c(F)c1. The fourth-order valence-corrected chi connectivity index (χ4v) is 2.62. The maximum atomic E-state index is 14.1. The molecule has 1 fully saturated rings. The number of hydrogen-bond donors (Lipinski definition) is 1. The lowest BCUT2D eigenvalue weighted by Gasteiger charge is -2.20. The summed E-state index contributed by atoms with van der Waals surface area (Å²) in [5, 5.41) is 0. The van der Waals surface area contributed by atoms with Gasteiger partial charge in [0.15, 0.2) is 0 Å². The molecule has 2 nitrogen and oxygen atoms in total. The molecule has 0 aromatic heterocycles. The minimum atomic E-state index is -0.465. The van der Waals surface area contributed by atoms with E-state index in [1.54, 1.807) is 4.90 Å². The molecule has 0 saturated carbocycles. The van der Waals surface area contributed by atoms with E-state index in [0.717, 1.165) is 25.9 Å². The lowest BCUT2D eigenvalue weighted by Crippen LogP contribution is -2.23. The van der Waals surface area contributed by atoms with Gasteiger partial charge in [-0.1, -0.05) is 13.8 Å². The summed E-state index contributed by atoms with van der Waals surface area (Å²) in [7, 11) is 0. The second-order valence-corrected chi connectivity index (χ2v) is 5.62. The van der Waals surface area contributed by atoms with Crippen molar-refractivity contribution in [2.45, 2.75) is 39.2 Å². The number of hydrogen-bond acceptors (Lipinski definition) is 2. The maximum absolute atomic E-state index is 14.1. The van der Waals surface area contributed by atoms with E-state index in [0.29, 0.717) is 17.9 Å². The first-order chi connectivity index (χ1) is 9.01. The van der Waals surface area contributed by atoms with Gasteiger partial charge < -0.3 is 10.6 Å². The van der Waals surface area contributed by atoms with Gasteiger partial charge in [0.2, 0.25) is 0 Å². The maximum Gasteiger partial charge on any atom is 0.149 e. The summed E-state index contributed by atoms with van der Waals surface area (Å²) >= 11 is 0. The molecule has 0 amide bonds. The average molecular weight is 268 g/mol. The minimum Gasteiger partial charge on any atom is -0.367 e. The first kappa shape index (κ1) is 14.3. The van der Waals surface area contributed by atoms with Crippen molar-refractivity contribution < 1.29 is 8.78 Å². The van der Waals surface area contributed by atoms with Crippen LogP contribution in [0, 0.1) is 17.6 Å². The van der Waals surface area contributed by atoms with E-state index in [9.17, 15) is 8.78 Å². The Bertz CT molecular complexity index is 425. The first-order valence-corrected chi connectivity index (χ1v) is 6.99. The van der Waals surface area contributed by atoms with Crippen LogP contribution < -0.4 is 10.6 Å². The summed E-state index contributed by atoms with van der Waals surface area (Å²) in [5.41, 5.74) is 6.59. The number of nitrogens with zero attached hydrogens (tertiary/aromatic N) is 1. The van der Waals surface area contributed by atoms with Crippen molar-refractivity contribution >= 4 is 5.69 Å². The second kappa shape index (κ2) is 5.87. The Labute approximate surface area is 113 Å². The van der Waals surface area contributed by atoms with Gasteiger partial charge >= 0.3 is 0 Å². The summed E-state index contributed by atoms with van der Waals surface area (Å²) < 4.78 is 28.2. The number of halogens is 2. The average Bonchev–Trinajstić information content (AvgIpc) is 2.74. The molecule has 0 bridgehead atoms. The Kier molecular flexibility index (Phi) is 4.40. The number of nitrogens with two attached hydrogens (primary N) is 1. The highest BCUT2D eigenvalue weighted by Crippen LogP contribution is 2.30. The van der Waals surface area contributed by atoms with Crippen molar-refractivity contribution in [3.63, 3.8) is 0 Å². The molecule has 1 aliphatic rings.